The maximum Gasteiger partial charge on any atom is 0.387 e. The third-order valence-corrected chi connectivity index (χ3v) is 2.23. The van der Waals surface area contributed by atoms with Gasteiger partial charge in [-0.1, -0.05) is 0 Å². The predicted octanol–water partition coefficient (Wildman–Crippen LogP) is 4.24. The topological polar surface area (TPSA) is 44.8 Å². The van der Waals surface area contributed by atoms with Gasteiger partial charge in [-0.2, -0.15) is 17.6 Å². The molecule has 1 aromatic carbocycles. The zero-order chi connectivity index (χ0) is 17.6. The highest BCUT2D eigenvalue weighted by atomic mass is 19.3. The van der Waals surface area contributed by atoms with Crippen molar-refractivity contribution in [1.82, 2.24) is 0 Å². The third kappa shape index (κ3) is 7.53. The maximum absolute atomic E-state index is 12.4. The van der Waals surface area contributed by atoms with Crippen LogP contribution in [0.25, 0.3) is 6.08 Å². The average Bonchev–Trinajstić information content (AvgIpc) is 2.34. The maximum atomic E-state index is 12.4. The first-order valence-electron chi connectivity index (χ1n) is 6.51. The highest BCUT2D eigenvalue weighted by molar-refractivity contribution is 5.88. The first-order chi connectivity index (χ1) is 10.6. The van der Waals surface area contributed by atoms with Gasteiger partial charge >= 0.3 is 19.2 Å². The normalized spacial score (nSPS) is 12.0. The molecule has 1 aromatic rings. The molecule has 0 aromatic heterocycles. The van der Waals surface area contributed by atoms with Crippen LogP contribution in [-0.4, -0.2) is 24.8 Å². The summed E-state index contributed by atoms with van der Waals surface area (Å²) in [5.41, 5.74) is -0.628. The summed E-state index contributed by atoms with van der Waals surface area (Å²) in [4.78, 5) is 11.6. The van der Waals surface area contributed by atoms with E-state index < -0.39 is 30.5 Å². The van der Waals surface area contributed by atoms with Crippen LogP contribution in [0.2, 0.25) is 0 Å². The van der Waals surface area contributed by atoms with E-state index in [1.807, 2.05) is 0 Å². The van der Waals surface area contributed by atoms with Crippen LogP contribution in [0.5, 0.6) is 11.5 Å². The second kappa shape index (κ2) is 7.85. The smallest absolute Gasteiger partial charge is 0.387 e. The number of alkyl halides is 4. The Labute approximate surface area is 130 Å². The number of esters is 1. The molecule has 0 bridgehead atoms. The van der Waals surface area contributed by atoms with Crippen LogP contribution in [0.4, 0.5) is 17.6 Å². The van der Waals surface area contributed by atoms with Gasteiger partial charge in [0, 0.05) is 17.7 Å². The minimum absolute atomic E-state index is 0.0813. The van der Waals surface area contributed by atoms with Gasteiger partial charge in [-0.25, -0.2) is 4.79 Å². The molecule has 0 radical (unpaired) electrons. The Bertz CT molecular complexity index is 565. The molecule has 0 unspecified atom stereocenters. The zero-order valence-electron chi connectivity index (χ0n) is 12.7. The minimum Gasteiger partial charge on any atom is -0.457 e. The summed E-state index contributed by atoms with van der Waals surface area (Å²) in [5, 5.41) is 0. The van der Waals surface area contributed by atoms with Crippen LogP contribution in [-0.2, 0) is 9.53 Å². The second-order valence-corrected chi connectivity index (χ2v) is 5.32. The first kappa shape index (κ1) is 18.8. The molecule has 128 valence electrons. The van der Waals surface area contributed by atoms with E-state index in [1.54, 1.807) is 20.8 Å². The lowest BCUT2D eigenvalue weighted by molar-refractivity contribution is -0.148. The number of carbonyl (C=O) groups is 1. The van der Waals surface area contributed by atoms with Crippen molar-refractivity contribution < 1.29 is 36.6 Å². The number of halogens is 4. The van der Waals surface area contributed by atoms with Crippen LogP contribution < -0.4 is 9.47 Å². The molecule has 0 fully saturated rings. The lowest BCUT2D eigenvalue weighted by atomic mass is 10.1. The average molecular weight is 336 g/mol. The van der Waals surface area contributed by atoms with E-state index >= 15 is 0 Å². The van der Waals surface area contributed by atoms with E-state index in [-0.39, 0.29) is 11.3 Å². The number of hydrogen-bond donors (Lipinski definition) is 0. The molecule has 0 atom stereocenters. The molecule has 0 aliphatic carbocycles. The lowest BCUT2D eigenvalue weighted by Crippen LogP contribution is -2.22. The number of ether oxygens (including phenoxy) is 3. The molecule has 0 aliphatic rings. The van der Waals surface area contributed by atoms with Gasteiger partial charge in [0.05, 0.1) is 0 Å². The summed E-state index contributed by atoms with van der Waals surface area (Å²) in [6, 6.07) is 3.22. The molecular formula is C15H16F4O4. The molecule has 1 rings (SSSR count). The van der Waals surface area contributed by atoms with E-state index in [2.05, 4.69) is 9.47 Å². The first-order valence-corrected chi connectivity index (χ1v) is 6.51. The summed E-state index contributed by atoms with van der Waals surface area (Å²) >= 11 is 0. The van der Waals surface area contributed by atoms with Crippen LogP contribution in [0, 0.1) is 0 Å². The van der Waals surface area contributed by atoms with Gasteiger partial charge in [0.25, 0.3) is 0 Å². The predicted molar refractivity (Wildman–Crippen MR) is 74.6 cm³/mol. The van der Waals surface area contributed by atoms with Crippen LogP contribution in [0.15, 0.2) is 24.3 Å². The largest absolute Gasteiger partial charge is 0.457 e. The Morgan fingerprint density at radius 3 is 2.22 bits per heavy atom. The molecule has 0 saturated heterocycles. The molecule has 4 nitrogen and oxygen atoms in total. The lowest BCUT2D eigenvalue weighted by Gasteiger charge is -2.18. The number of rotatable bonds is 6. The fraction of sp³-hybridized carbons (Fsp3) is 0.400. The van der Waals surface area contributed by atoms with E-state index in [4.69, 9.17) is 4.74 Å². The highest BCUT2D eigenvalue weighted by Crippen LogP contribution is 2.28. The summed E-state index contributed by atoms with van der Waals surface area (Å²) < 4.78 is 62.4. The Balaban J connectivity index is 2.97. The monoisotopic (exact) mass is 336 g/mol. The number of carbonyl (C=O) groups excluding carboxylic acids is 1. The summed E-state index contributed by atoms with van der Waals surface area (Å²) in [6.07, 6.45) is 2.20. The van der Waals surface area contributed by atoms with Gasteiger partial charge in [0.2, 0.25) is 0 Å². The summed E-state index contributed by atoms with van der Waals surface area (Å²) in [6.45, 7) is -1.26. The Morgan fingerprint density at radius 1 is 1.09 bits per heavy atom. The molecule has 23 heavy (non-hydrogen) atoms. The zero-order valence-corrected chi connectivity index (χ0v) is 12.7. The molecule has 0 N–H and O–H groups in total. The van der Waals surface area contributed by atoms with Crippen LogP contribution in [0.3, 0.4) is 0 Å². The molecule has 0 aliphatic heterocycles. The van der Waals surface area contributed by atoms with Crippen molar-refractivity contribution in [3.63, 3.8) is 0 Å². The van der Waals surface area contributed by atoms with Gasteiger partial charge in [0.1, 0.15) is 17.1 Å². The summed E-state index contributed by atoms with van der Waals surface area (Å²) in [5.74, 6) is -1.43. The summed E-state index contributed by atoms with van der Waals surface area (Å²) in [7, 11) is 0. The van der Waals surface area contributed by atoms with Gasteiger partial charge in [-0.3, -0.25) is 0 Å². The van der Waals surface area contributed by atoms with E-state index in [9.17, 15) is 22.4 Å². The Kier molecular flexibility index (Phi) is 6.41. The van der Waals surface area contributed by atoms with Crippen molar-refractivity contribution in [2.45, 2.75) is 39.6 Å². The molecular weight excluding hydrogens is 320 g/mol. The molecule has 0 saturated carbocycles. The molecule has 0 heterocycles. The van der Waals surface area contributed by atoms with E-state index in [0.717, 1.165) is 18.2 Å². The molecule has 8 heteroatoms. The van der Waals surface area contributed by atoms with E-state index in [1.165, 1.54) is 12.1 Å². The van der Waals surface area contributed by atoms with Crippen molar-refractivity contribution in [3.05, 3.63) is 29.8 Å². The van der Waals surface area contributed by atoms with Gasteiger partial charge < -0.3 is 14.2 Å². The Hall–Kier alpha value is -2.25. The fourth-order valence-electron chi connectivity index (χ4n) is 1.52. The van der Waals surface area contributed by atoms with Crippen LogP contribution in [0.1, 0.15) is 26.3 Å². The van der Waals surface area contributed by atoms with E-state index in [0.29, 0.717) is 0 Å². The van der Waals surface area contributed by atoms with Crippen molar-refractivity contribution in [3.8, 4) is 11.5 Å². The molecule has 0 spiro atoms. The van der Waals surface area contributed by atoms with Crippen LogP contribution >= 0.6 is 0 Å². The van der Waals surface area contributed by atoms with Gasteiger partial charge in [-0.15, -0.1) is 0 Å². The minimum atomic E-state index is -3.16. The van der Waals surface area contributed by atoms with Crippen molar-refractivity contribution >= 4 is 12.0 Å². The standard InChI is InChI=1S/C15H16F4O4/c1-15(2,3)23-12(20)7-5-9-4-6-10(21-13(16)17)8-11(9)22-14(18)19/h4-8,13-14H,1-3H3/b7-5+. The van der Waals surface area contributed by atoms with Gasteiger partial charge in [0.15, 0.2) is 0 Å². The fourth-order valence-corrected chi connectivity index (χ4v) is 1.52. The highest BCUT2D eigenvalue weighted by Gasteiger charge is 2.15. The van der Waals surface area contributed by atoms with Crippen molar-refractivity contribution in [1.29, 1.82) is 0 Å². The Morgan fingerprint density at radius 2 is 1.70 bits per heavy atom. The number of hydrogen-bond acceptors (Lipinski definition) is 4. The SMILES string of the molecule is CC(C)(C)OC(=O)/C=C/c1ccc(OC(F)F)cc1OC(F)F. The van der Waals surface area contributed by atoms with Crippen molar-refractivity contribution in [2.75, 3.05) is 0 Å². The molecule has 0 amide bonds. The number of benzene rings is 1. The quantitative estimate of drug-likeness (QED) is 0.443. The third-order valence-electron chi connectivity index (χ3n) is 2.23. The van der Waals surface area contributed by atoms with Gasteiger partial charge in [-0.05, 0) is 39.0 Å². The van der Waals surface area contributed by atoms with Crippen molar-refractivity contribution in [2.24, 2.45) is 0 Å². The second-order valence-electron chi connectivity index (χ2n) is 5.32.